The standard InChI is InChI=1S/C24H23F2N5O2/c1-30-23(32)21(14-5-6-20(33-2)19(26)11-14)22(15-3-4-16(13-27)18(25)12-15)29-24(30)31-9-7-17(28)8-10-31/h3-6,11-12,17H,7-10,28H2,1-2H3/i2D3. The minimum Gasteiger partial charge on any atom is -0.494 e. The Labute approximate surface area is 193 Å². The second-order valence-electron chi connectivity index (χ2n) is 7.88. The number of anilines is 1. The quantitative estimate of drug-likeness (QED) is 0.650. The third-order valence-corrected chi connectivity index (χ3v) is 5.78. The maximum atomic E-state index is 14.8. The van der Waals surface area contributed by atoms with Gasteiger partial charge in [0.2, 0.25) is 5.95 Å². The number of nitrogens with two attached hydrogens (primary N) is 1. The summed E-state index contributed by atoms with van der Waals surface area (Å²) in [7, 11) is -1.32. The highest BCUT2D eigenvalue weighted by molar-refractivity contribution is 5.81. The number of methoxy groups -OCH3 is 1. The molecular formula is C24H23F2N5O2. The summed E-state index contributed by atoms with van der Waals surface area (Å²) in [6.45, 7) is 1.13. The van der Waals surface area contributed by atoms with Crippen LogP contribution in [0.3, 0.4) is 0 Å². The predicted octanol–water partition coefficient (Wildman–Crippen LogP) is 3.20. The molecule has 1 aliphatic rings. The van der Waals surface area contributed by atoms with Gasteiger partial charge >= 0.3 is 0 Å². The number of halogens is 2. The summed E-state index contributed by atoms with van der Waals surface area (Å²) < 4.78 is 56.9. The van der Waals surface area contributed by atoms with E-state index in [1.54, 1.807) is 6.07 Å². The number of nitriles is 1. The van der Waals surface area contributed by atoms with E-state index >= 15 is 0 Å². The summed E-state index contributed by atoms with van der Waals surface area (Å²) in [5.41, 5.74) is 5.72. The molecule has 0 amide bonds. The van der Waals surface area contributed by atoms with E-state index in [1.807, 2.05) is 4.90 Å². The van der Waals surface area contributed by atoms with Gasteiger partial charge in [-0.1, -0.05) is 12.1 Å². The number of hydrogen-bond acceptors (Lipinski definition) is 6. The molecule has 0 radical (unpaired) electrons. The highest BCUT2D eigenvalue weighted by Gasteiger charge is 2.25. The molecule has 4 rings (SSSR count). The minimum atomic E-state index is -2.86. The minimum absolute atomic E-state index is 0.0154. The molecule has 2 aromatic carbocycles. The summed E-state index contributed by atoms with van der Waals surface area (Å²) in [6, 6.07) is 9.06. The van der Waals surface area contributed by atoms with Crippen molar-refractivity contribution in [2.24, 2.45) is 12.8 Å². The van der Waals surface area contributed by atoms with Crippen LogP contribution in [-0.2, 0) is 7.05 Å². The van der Waals surface area contributed by atoms with Crippen LogP contribution < -0.4 is 20.9 Å². The predicted molar refractivity (Wildman–Crippen MR) is 121 cm³/mol. The van der Waals surface area contributed by atoms with Gasteiger partial charge < -0.3 is 15.4 Å². The lowest BCUT2D eigenvalue weighted by molar-refractivity contribution is 0.386. The van der Waals surface area contributed by atoms with E-state index in [-0.39, 0.29) is 34.0 Å². The molecule has 0 unspecified atom stereocenters. The maximum Gasteiger partial charge on any atom is 0.263 e. The largest absolute Gasteiger partial charge is 0.494 e. The lowest BCUT2D eigenvalue weighted by Crippen LogP contribution is -2.42. The normalized spacial score (nSPS) is 16.0. The summed E-state index contributed by atoms with van der Waals surface area (Å²) >= 11 is 0. The lowest BCUT2D eigenvalue weighted by Gasteiger charge is -2.32. The zero-order valence-corrected chi connectivity index (χ0v) is 17.8. The molecule has 1 saturated heterocycles. The van der Waals surface area contributed by atoms with Gasteiger partial charge in [-0.3, -0.25) is 9.36 Å². The van der Waals surface area contributed by atoms with Crippen molar-refractivity contribution in [2.75, 3.05) is 25.0 Å². The molecule has 7 nitrogen and oxygen atoms in total. The van der Waals surface area contributed by atoms with E-state index < -0.39 is 30.0 Å². The first-order valence-electron chi connectivity index (χ1n) is 11.8. The van der Waals surface area contributed by atoms with Gasteiger partial charge in [0.15, 0.2) is 11.6 Å². The number of benzene rings is 2. The molecule has 1 fully saturated rings. The van der Waals surface area contributed by atoms with Gasteiger partial charge in [-0.2, -0.15) is 5.26 Å². The van der Waals surface area contributed by atoms with Crippen LogP contribution in [0.2, 0.25) is 0 Å². The Kier molecular flexibility index (Phi) is 5.12. The first-order chi connectivity index (χ1) is 17.0. The van der Waals surface area contributed by atoms with E-state index in [2.05, 4.69) is 4.74 Å². The van der Waals surface area contributed by atoms with E-state index in [1.165, 1.54) is 29.8 Å². The highest BCUT2D eigenvalue weighted by Crippen LogP contribution is 2.33. The van der Waals surface area contributed by atoms with E-state index in [4.69, 9.17) is 20.1 Å². The van der Waals surface area contributed by atoms with Crippen molar-refractivity contribution >= 4 is 5.95 Å². The summed E-state index contributed by atoms with van der Waals surface area (Å²) in [5, 5.41) is 9.10. The molecular weight excluding hydrogens is 428 g/mol. The first kappa shape index (κ1) is 18.8. The van der Waals surface area contributed by atoms with Crippen molar-refractivity contribution in [3.8, 4) is 34.2 Å². The first-order valence-corrected chi connectivity index (χ1v) is 10.3. The lowest BCUT2D eigenvalue weighted by atomic mass is 9.99. The van der Waals surface area contributed by atoms with Crippen LogP contribution in [0, 0.1) is 23.0 Å². The van der Waals surface area contributed by atoms with Crippen LogP contribution in [0.1, 0.15) is 22.5 Å². The Morgan fingerprint density at radius 3 is 2.52 bits per heavy atom. The number of nitrogens with zero attached hydrogens (tertiary/aromatic N) is 4. The van der Waals surface area contributed by atoms with Gasteiger partial charge in [0.1, 0.15) is 11.9 Å². The maximum absolute atomic E-state index is 14.8. The molecule has 0 atom stereocenters. The summed E-state index contributed by atoms with van der Waals surface area (Å²) in [6.07, 6.45) is 1.41. The molecule has 1 aromatic heterocycles. The average molecular weight is 454 g/mol. The van der Waals surface area contributed by atoms with Crippen molar-refractivity contribution in [1.29, 1.82) is 5.26 Å². The van der Waals surface area contributed by atoms with Gasteiger partial charge in [-0.25, -0.2) is 13.8 Å². The smallest absolute Gasteiger partial charge is 0.263 e. The Morgan fingerprint density at radius 1 is 1.18 bits per heavy atom. The van der Waals surface area contributed by atoms with Crippen LogP contribution in [0.25, 0.3) is 22.4 Å². The molecule has 0 saturated carbocycles. The fraction of sp³-hybridized carbons (Fsp3) is 0.292. The van der Waals surface area contributed by atoms with Gasteiger partial charge in [0.05, 0.1) is 28.0 Å². The zero-order chi connectivity index (χ0) is 26.2. The second-order valence-corrected chi connectivity index (χ2v) is 7.88. The van der Waals surface area contributed by atoms with Crippen LogP contribution in [-0.4, -0.2) is 35.7 Å². The SMILES string of the molecule is [2H]C([2H])([2H])Oc1ccc(-c2c(-c3ccc(C#N)c(F)c3)nc(N3CCC(N)CC3)n(C)c2=O)cc1F. The topological polar surface area (TPSA) is 97.2 Å². The molecule has 1 aliphatic heterocycles. The molecule has 0 bridgehead atoms. The summed E-state index contributed by atoms with van der Waals surface area (Å²) in [4.78, 5) is 20.2. The average Bonchev–Trinajstić information content (AvgIpc) is 2.82. The Balaban J connectivity index is 1.92. The molecule has 170 valence electrons. The Hall–Kier alpha value is -3.77. The number of piperidine rings is 1. The highest BCUT2D eigenvalue weighted by atomic mass is 19.1. The van der Waals surface area contributed by atoms with E-state index in [0.717, 1.165) is 18.2 Å². The van der Waals surface area contributed by atoms with Crippen molar-refractivity contribution in [1.82, 2.24) is 9.55 Å². The fourth-order valence-corrected chi connectivity index (χ4v) is 3.93. The number of ether oxygens (including phenoxy) is 1. The van der Waals surface area contributed by atoms with E-state index in [0.29, 0.717) is 31.9 Å². The Morgan fingerprint density at radius 2 is 1.88 bits per heavy atom. The number of aromatic nitrogens is 2. The van der Waals surface area contributed by atoms with E-state index in [9.17, 15) is 13.6 Å². The van der Waals surface area contributed by atoms with Crippen LogP contribution in [0.15, 0.2) is 41.2 Å². The van der Waals surface area contributed by atoms with Crippen molar-refractivity contribution in [2.45, 2.75) is 18.9 Å². The van der Waals surface area contributed by atoms with Crippen molar-refractivity contribution in [3.05, 3.63) is 63.9 Å². The van der Waals surface area contributed by atoms with Gasteiger partial charge in [-0.05, 0) is 42.7 Å². The zero-order valence-electron chi connectivity index (χ0n) is 20.8. The van der Waals surface area contributed by atoms with Crippen LogP contribution in [0.5, 0.6) is 5.75 Å². The van der Waals surface area contributed by atoms with Gasteiger partial charge in [0, 0.05) is 31.7 Å². The summed E-state index contributed by atoms with van der Waals surface area (Å²) in [5.74, 6) is -1.94. The monoisotopic (exact) mass is 454 g/mol. The number of rotatable bonds is 4. The Bertz CT molecular complexity index is 1410. The van der Waals surface area contributed by atoms with Gasteiger partial charge in [-0.15, -0.1) is 0 Å². The van der Waals surface area contributed by atoms with Crippen molar-refractivity contribution < 1.29 is 17.6 Å². The van der Waals surface area contributed by atoms with Crippen LogP contribution in [0.4, 0.5) is 14.7 Å². The molecule has 2 N–H and O–H groups in total. The van der Waals surface area contributed by atoms with Crippen molar-refractivity contribution in [3.63, 3.8) is 0 Å². The van der Waals surface area contributed by atoms with Crippen LogP contribution >= 0.6 is 0 Å². The third-order valence-electron chi connectivity index (χ3n) is 5.78. The fourth-order valence-electron chi connectivity index (χ4n) is 3.93. The third kappa shape index (κ3) is 4.17. The molecule has 0 spiro atoms. The van der Waals surface area contributed by atoms with Gasteiger partial charge in [0.25, 0.3) is 5.56 Å². The molecule has 3 aromatic rings. The second kappa shape index (κ2) is 9.00. The molecule has 2 heterocycles. The molecule has 9 heteroatoms. The molecule has 33 heavy (non-hydrogen) atoms. The number of hydrogen-bond donors (Lipinski definition) is 1. The molecule has 0 aliphatic carbocycles.